The van der Waals surface area contributed by atoms with Gasteiger partial charge >= 0.3 is 0 Å². The summed E-state index contributed by atoms with van der Waals surface area (Å²) in [6.07, 6.45) is 1.05. The van der Waals surface area contributed by atoms with E-state index in [1.807, 2.05) is 6.07 Å². The summed E-state index contributed by atoms with van der Waals surface area (Å²) < 4.78 is 0. The Morgan fingerprint density at radius 3 is 2.92 bits per heavy atom. The molecule has 1 aromatic rings. The van der Waals surface area contributed by atoms with Gasteiger partial charge in [0.15, 0.2) is 0 Å². The normalized spacial score (nSPS) is 20.4. The molecule has 1 atom stereocenters. The zero-order valence-corrected chi connectivity index (χ0v) is 8.07. The highest BCUT2D eigenvalue weighted by Gasteiger charge is 2.20. The monoisotopic (exact) mass is 181 g/mol. The minimum atomic E-state index is 0.526. The average Bonchev–Trinajstić information content (AvgIpc) is 2.41. The molecule has 1 N–H and O–H groups in total. The Balaban J connectivity index is 2.56. The van der Waals surface area contributed by atoms with Crippen LogP contribution in [0.25, 0.3) is 0 Å². The zero-order chi connectivity index (χ0) is 8.72. The quantitative estimate of drug-likeness (QED) is 0.649. The van der Waals surface area contributed by atoms with Crippen LogP contribution >= 0.6 is 11.6 Å². The summed E-state index contributed by atoms with van der Waals surface area (Å²) in [5.74, 6) is 0. The maximum Gasteiger partial charge on any atom is 0.0459 e. The van der Waals surface area contributed by atoms with E-state index in [1.54, 1.807) is 0 Å². The Kier molecular flexibility index (Phi) is 1.76. The molecule has 0 aromatic heterocycles. The van der Waals surface area contributed by atoms with Gasteiger partial charge in [0, 0.05) is 16.8 Å². The number of hydrogen-bond acceptors (Lipinski definition) is 1. The Morgan fingerprint density at radius 1 is 1.50 bits per heavy atom. The van der Waals surface area contributed by atoms with Crippen LogP contribution < -0.4 is 5.32 Å². The molecule has 0 saturated carbocycles. The van der Waals surface area contributed by atoms with Gasteiger partial charge in [-0.25, -0.2) is 0 Å². The average molecular weight is 182 g/mol. The maximum absolute atomic E-state index is 6.07. The Hall–Kier alpha value is -0.690. The standard InChI is InChI=1S/C10H12ClN/c1-6-3-4-9(11)8-5-7(2)12-10(6)8/h3-4,7,12H,5H2,1-2H3. The molecular weight excluding hydrogens is 170 g/mol. The molecule has 0 saturated heterocycles. The van der Waals surface area contributed by atoms with Gasteiger partial charge in [-0.1, -0.05) is 17.7 Å². The lowest BCUT2D eigenvalue weighted by atomic mass is 10.1. The van der Waals surface area contributed by atoms with Crippen LogP contribution in [0, 0.1) is 6.92 Å². The topological polar surface area (TPSA) is 12.0 Å². The molecule has 64 valence electrons. The zero-order valence-electron chi connectivity index (χ0n) is 7.32. The number of nitrogens with one attached hydrogen (secondary N) is 1. The lowest BCUT2D eigenvalue weighted by Crippen LogP contribution is -2.08. The van der Waals surface area contributed by atoms with Crippen molar-refractivity contribution in [1.82, 2.24) is 0 Å². The maximum atomic E-state index is 6.07. The van der Waals surface area contributed by atoms with Crippen molar-refractivity contribution < 1.29 is 0 Å². The summed E-state index contributed by atoms with van der Waals surface area (Å²) in [7, 11) is 0. The van der Waals surface area contributed by atoms with Gasteiger partial charge in [-0.2, -0.15) is 0 Å². The molecular formula is C10H12ClN. The number of halogens is 1. The van der Waals surface area contributed by atoms with Gasteiger partial charge in [-0.15, -0.1) is 0 Å². The highest BCUT2D eigenvalue weighted by molar-refractivity contribution is 6.31. The number of aryl methyl sites for hydroxylation is 1. The smallest absolute Gasteiger partial charge is 0.0459 e. The molecule has 0 bridgehead atoms. The first-order chi connectivity index (χ1) is 5.68. The first-order valence-electron chi connectivity index (χ1n) is 4.23. The molecule has 0 radical (unpaired) electrons. The van der Waals surface area contributed by atoms with E-state index >= 15 is 0 Å². The van der Waals surface area contributed by atoms with E-state index in [2.05, 4.69) is 25.2 Å². The molecule has 12 heavy (non-hydrogen) atoms. The minimum absolute atomic E-state index is 0.526. The molecule has 1 heterocycles. The fraction of sp³-hybridized carbons (Fsp3) is 0.400. The van der Waals surface area contributed by atoms with Crippen LogP contribution in [-0.2, 0) is 6.42 Å². The van der Waals surface area contributed by atoms with Crippen molar-refractivity contribution in [3.05, 3.63) is 28.3 Å². The second-order valence-corrected chi connectivity index (χ2v) is 3.87. The second-order valence-electron chi connectivity index (χ2n) is 3.47. The summed E-state index contributed by atoms with van der Waals surface area (Å²) in [6, 6.07) is 4.57. The van der Waals surface area contributed by atoms with Crippen molar-refractivity contribution in [2.45, 2.75) is 26.3 Å². The largest absolute Gasteiger partial charge is 0.382 e. The van der Waals surface area contributed by atoms with Crippen LogP contribution in [0.4, 0.5) is 5.69 Å². The molecule has 0 amide bonds. The number of fused-ring (bicyclic) bond motifs is 1. The summed E-state index contributed by atoms with van der Waals surface area (Å²) in [5, 5.41) is 4.32. The Bertz CT molecular complexity index is 289. The van der Waals surface area contributed by atoms with Crippen LogP contribution in [0.15, 0.2) is 12.1 Å². The van der Waals surface area contributed by atoms with Crippen molar-refractivity contribution in [3.8, 4) is 0 Å². The van der Waals surface area contributed by atoms with E-state index in [9.17, 15) is 0 Å². The fourth-order valence-electron chi connectivity index (χ4n) is 1.74. The SMILES string of the molecule is Cc1ccc(Cl)c2c1NC(C)C2. The van der Waals surface area contributed by atoms with Gasteiger partial charge in [0.2, 0.25) is 0 Å². The van der Waals surface area contributed by atoms with E-state index in [0.717, 1.165) is 11.4 Å². The van der Waals surface area contributed by atoms with Crippen LogP contribution in [0.2, 0.25) is 5.02 Å². The summed E-state index contributed by atoms with van der Waals surface area (Å²) in [6.45, 7) is 4.29. The third-order valence-corrected chi connectivity index (χ3v) is 2.72. The highest BCUT2D eigenvalue weighted by Crippen LogP contribution is 2.34. The van der Waals surface area contributed by atoms with Crippen molar-refractivity contribution in [2.24, 2.45) is 0 Å². The predicted molar refractivity (Wildman–Crippen MR) is 53.0 cm³/mol. The summed E-state index contributed by atoms with van der Waals surface area (Å²) >= 11 is 6.07. The minimum Gasteiger partial charge on any atom is -0.382 e. The Morgan fingerprint density at radius 2 is 2.25 bits per heavy atom. The van der Waals surface area contributed by atoms with Crippen molar-refractivity contribution in [3.63, 3.8) is 0 Å². The molecule has 0 fully saturated rings. The third kappa shape index (κ3) is 1.09. The molecule has 0 aliphatic carbocycles. The number of anilines is 1. The van der Waals surface area contributed by atoms with E-state index < -0.39 is 0 Å². The molecule has 0 spiro atoms. The van der Waals surface area contributed by atoms with Crippen molar-refractivity contribution in [2.75, 3.05) is 5.32 Å². The highest BCUT2D eigenvalue weighted by atomic mass is 35.5. The first-order valence-corrected chi connectivity index (χ1v) is 4.61. The van der Waals surface area contributed by atoms with Crippen molar-refractivity contribution in [1.29, 1.82) is 0 Å². The lowest BCUT2D eigenvalue weighted by molar-refractivity contribution is 0.839. The van der Waals surface area contributed by atoms with Gasteiger partial charge in [-0.3, -0.25) is 0 Å². The first kappa shape index (κ1) is 7.93. The molecule has 1 unspecified atom stereocenters. The molecule has 2 rings (SSSR count). The molecule has 2 heteroatoms. The molecule has 1 aliphatic rings. The summed E-state index contributed by atoms with van der Waals surface area (Å²) in [5.41, 5.74) is 3.82. The number of hydrogen-bond donors (Lipinski definition) is 1. The fourth-order valence-corrected chi connectivity index (χ4v) is 1.98. The van der Waals surface area contributed by atoms with Gasteiger partial charge < -0.3 is 5.32 Å². The third-order valence-electron chi connectivity index (χ3n) is 2.37. The van der Waals surface area contributed by atoms with E-state index in [4.69, 9.17) is 11.6 Å². The van der Waals surface area contributed by atoms with E-state index in [0.29, 0.717) is 6.04 Å². The molecule has 1 aliphatic heterocycles. The van der Waals surface area contributed by atoms with Gasteiger partial charge in [0.05, 0.1) is 0 Å². The van der Waals surface area contributed by atoms with Crippen molar-refractivity contribution >= 4 is 17.3 Å². The number of benzene rings is 1. The van der Waals surface area contributed by atoms with Crippen LogP contribution in [0.5, 0.6) is 0 Å². The van der Waals surface area contributed by atoms with Crippen LogP contribution in [0.1, 0.15) is 18.1 Å². The summed E-state index contributed by atoms with van der Waals surface area (Å²) in [4.78, 5) is 0. The number of rotatable bonds is 0. The lowest BCUT2D eigenvalue weighted by Gasteiger charge is -2.06. The van der Waals surface area contributed by atoms with Crippen LogP contribution in [0.3, 0.4) is 0 Å². The molecule has 1 aromatic carbocycles. The second kappa shape index (κ2) is 2.67. The van der Waals surface area contributed by atoms with Gasteiger partial charge in [0.25, 0.3) is 0 Å². The van der Waals surface area contributed by atoms with E-state index in [1.165, 1.54) is 16.8 Å². The van der Waals surface area contributed by atoms with Gasteiger partial charge in [-0.05, 0) is 37.5 Å². The molecule has 1 nitrogen and oxygen atoms in total. The van der Waals surface area contributed by atoms with Crippen LogP contribution in [-0.4, -0.2) is 6.04 Å². The van der Waals surface area contributed by atoms with E-state index in [-0.39, 0.29) is 0 Å². The van der Waals surface area contributed by atoms with Gasteiger partial charge in [0.1, 0.15) is 0 Å². The Labute approximate surface area is 77.7 Å². The predicted octanol–water partition coefficient (Wildman–Crippen LogP) is 3.00.